The Morgan fingerprint density at radius 2 is 2.07 bits per heavy atom. The van der Waals surface area contributed by atoms with E-state index in [1.807, 2.05) is 12.1 Å². The maximum absolute atomic E-state index is 3.66. The van der Waals surface area contributed by atoms with Crippen molar-refractivity contribution in [2.45, 2.75) is 31.2 Å². The van der Waals surface area contributed by atoms with Gasteiger partial charge in [0.1, 0.15) is 0 Å². The number of rotatable bonds is 4. The lowest BCUT2D eigenvalue weighted by atomic mass is 10.1. The van der Waals surface area contributed by atoms with Crippen molar-refractivity contribution in [3.8, 4) is 0 Å². The summed E-state index contributed by atoms with van der Waals surface area (Å²) in [7, 11) is 0. The molecule has 1 radical (unpaired) electrons. The Kier molecular flexibility index (Phi) is 2.06. The first-order chi connectivity index (χ1) is 6.93. The smallest absolute Gasteiger partial charge is 0.0143 e. The van der Waals surface area contributed by atoms with Crippen LogP contribution in [0.15, 0.2) is 24.3 Å². The van der Waals surface area contributed by atoms with Crippen molar-refractivity contribution in [3.63, 3.8) is 0 Å². The Hall–Kier alpha value is -0.820. The largest absolute Gasteiger partial charge is 0.313 e. The van der Waals surface area contributed by atoms with E-state index in [1.54, 1.807) is 0 Å². The van der Waals surface area contributed by atoms with Crippen LogP contribution >= 0.6 is 0 Å². The van der Waals surface area contributed by atoms with Gasteiger partial charge in [0, 0.05) is 12.0 Å². The van der Waals surface area contributed by atoms with E-state index in [1.165, 1.54) is 31.4 Å². The molecule has 73 valence electrons. The van der Waals surface area contributed by atoms with Crippen molar-refractivity contribution in [1.82, 2.24) is 5.32 Å². The Balaban J connectivity index is 1.52. The van der Waals surface area contributed by atoms with E-state index in [9.17, 15) is 0 Å². The summed E-state index contributed by atoms with van der Waals surface area (Å²) in [5.41, 5.74) is 1.48. The van der Waals surface area contributed by atoms with Crippen LogP contribution in [-0.2, 0) is 0 Å². The molecule has 1 nitrogen and oxygen atoms in total. The minimum atomic E-state index is 0.762. The van der Waals surface area contributed by atoms with Crippen LogP contribution in [0.1, 0.15) is 30.7 Å². The Bertz CT molecular complexity index is 302. The molecule has 3 rings (SSSR count). The molecule has 2 aliphatic rings. The Morgan fingerprint density at radius 1 is 1.29 bits per heavy atom. The summed E-state index contributed by atoms with van der Waals surface area (Å²) in [6.45, 7) is 1.25. The van der Waals surface area contributed by atoms with Gasteiger partial charge in [0.25, 0.3) is 0 Å². The number of hydrogen-bond acceptors (Lipinski definition) is 1. The molecular formula is C13H16N. The molecule has 0 heterocycles. The summed E-state index contributed by atoms with van der Waals surface area (Å²) in [5.74, 6) is 1.78. The summed E-state index contributed by atoms with van der Waals surface area (Å²) in [4.78, 5) is 0. The molecule has 1 heteroatoms. The van der Waals surface area contributed by atoms with Crippen LogP contribution in [0.25, 0.3) is 0 Å². The molecule has 0 amide bonds. The van der Waals surface area contributed by atoms with Crippen LogP contribution in [0.2, 0.25) is 0 Å². The van der Waals surface area contributed by atoms with Gasteiger partial charge in [-0.2, -0.15) is 0 Å². The fourth-order valence-electron chi connectivity index (χ4n) is 2.08. The van der Waals surface area contributed by atoms with Crippen molar-refractivity contribution in [2.75, 3.05) is 6.54 Å². The van der Waals surface area contributed by atoms with Crippen LogP contribution in [0.4, 0.5) is 0 Å². The van der Waals surface area contributed by atoms with Crippen molar-refractivity contribution >= 4 is 0 Å². The highest BCUT2D eigenvalue weighted by atomic mass is 15.0. The molecule has 0 aliphatic heterocycles. The summed E-state index contributed by atoms with van der Waals surface area (Å²) < 4.78 is 0. The van der Waals surface area contributed by atoms with Crippen molar-refractivity contribution in [3.05, 3.63) is 35.9 Å². The average Bonchev–Trinajstić information content (AvgIpc) is 3.12. The second kappa shape index (κ2) is 3.39. The van der Waals surface area contributed by atoms with Crippen molar-refractivity contribution in [1.29, 1.82) is 0 Å². The standard InChI is InChI=1S/C13H16N/c1-2-4-11(5-3-1)12-8-13(12)14-9-10-6-7-10/h2-5,10,12-14H,6-9H2/t12-,13+/m0/s1. The van der Waals surface area contributed by atoms with Crippen LogP contribution in [0, 0.1) is 12.0 Å². The molecule has 14 heavy (non-hydrogen) atoms. The molecule has 2 fully saturated rings. The normalized spacial score (nSPS) is 30.3. The predicted molar refractivity (Wildman–Crippen MR) is 57.2 cm³/mol. The van der Waals surface area contributed by atoms with Crippen molar-refractivity contribution < 1.29 is 0 Å². The van der Waals surface area contributed by atoms with Gasteiger partial charge in [-0.3, -0.25) is 0 Å². The number of benzene rings is 1. The van der Waals surface area contributed by atoms with E-state index in [2.05, 4.69) is 23.5 Å². The van der Waals surface area contributed by atoms with Gasteiger partial charge in [-0.05, 0) is 43.4 Å². The summed E-state index contributed by atoms with van der Waals surface area (Å²) in [6.07, 6.45) is 4.23. The molecule has 1 aromatic carbocycles. The molecule has 2 aliphatic carbocycles. The Morgan fingerprint density at radius 3 is 2.79 bits per heavy atom. The third kappa shape index (κ3) is 1.83. The third-order valence-electron chi connectivity index (χ3n) is 3.33. The van der Waals surface area contributed by atoms with Gasteiger partial charge in [-0.25, -0.2) is 0 Å². The minimum absolute atomic E-state index is 0.762. The van der Waals surface area contributed by atoms with E-state index in [4.69, 9.17) is 0 Å². The molecule has 2 saturated carbocycles. The van der Waals surface area contributed by atoms with Gasteiger partial charge < -0.3 is 5.32 Å². The Labute approximate surface area is 85.5 Å². The van der Waals surface area contributed by atoms with Crippen LogP contribution in [0.3, 0.4) is 0 Å². The fourth-order valence-corrected chi connectivity index (χ4v) is 2.08. The quantitative estimate of drug-likeness (QED) is 0.761. The number of nitrogens with one attached hydrogen (secondary N) is 1. The molecule has 1 aromatic rings. The zero-order valence-electron chi connectivity index (χ0n) is 8.37. The SMILES string of the molecule is [c]1ccc([C@@H]2C[C@H]2NCC2CC2)cc1. The first kappa shape index (κ1) is 8.49. The van der Waals surface area contributed by atoms with Gasteiger partial charge in [0.05, 0.1) is 0 Å². The molecule has 0 bridgehead atoms. The van der Waals surface area contributed by atoms with Gasteiger partial charge >= 0.3 is 0 Å². The highest BCUT2D eigenvalue weighted by molar-refractivity contribution is 5.27. The molecule has 2 atom stereocenters. The zero-order valence-corrected chi connectivity index (χ0v) is 8.37. The van der Waals surface area contributed by atoms with Gasteiger partial charge in [-0.15, -0.1) is 0 Å². The maximum Gasteiger partial charge on any atom is 0.0143 e. The van der Waals surface area contributed by atoms with Crippen LogP contribution in [-0.4, -0.2) is 12.6 Å². The fraction of sp³-hybridized carbons (Fsp3) is 0.538. The van der Waals surface area contributed by atoms with Gasteiger partial charge in [0.15, 0.2) is 0 Å². The lowest BCUT2D eigenvalue weighted by Gasteiger charge is -2.02. The zero-order chi connectivity index (χ0) is 9.38. The van der Waals surface area contributed by atoms with Gasteiger partial charge in [0.2, 0.25) is 0 Å². The molecular weight excluding hydrogens is 170 g/mol. The topological polar surface area (TPSA) is 12.0 Å². The lowest BCUT2D eigenvalue weighted by molar-refractivity contribution is 0.625. The summed E-state index contributed by atoms with van der Waals surface area (Å²) in [5, 5.41) is 3.66. The third-order valence-corrected chi connectivity index (χ3v) is 3.33. The van der Waals surface area contributed by atoms with E-state index < -0.39 is 0 Å². The predicted octanol–water partition coefficient (Wildman–Crippen LogP) is 2.34. The number of hydrogen-bond donors (Lipinski definition) is 1. The maximum atomic E-state index is 3.66. The lowest BCUT2D eigenvalue weighted by Crippen LogP contribution is -2.20. The summed E-state index contributed by atoms with van der Waals surface area (Å²) >= 11 is 0. The summed E-state index contributed by atoms with van der Waals surface area (Å²) in [6, 6.07) is 12.3. The second-order valence-corrected chi connectivity index (χ2v) is 4.63. The monoisotopic (exact) mass is 186 g/mol. The highest BCUT2D eigenvalue weighted by Gasteiger charge is 2.38. The average molecular weight is 186 g/mol. The van der Waals surface area contributed by atoms with Crippen molar-refractivity contribution in [2.24, 2.45) is 5.92 Å². The van der Waals surface area contributed by atoms with E-state index in [0.29, 0.717) is 0 Å². The van der Waals surface area contributed by atoms with Crippen LogP contribution < -0.4 is 5.32 Å². The van der Waals surface area contributed by atoms with E-state index >= 15 is 0 Å². The van der Waals surface area contributed by atoms with E-state index in [-0.39, 0.29) is 0 Å². The minimum Gasteiger partial charge on any atom is -0.313 e. The first-order valence-electron chi connectivity index (χ1n) is 5.63. The van der Waals surface area contributed by atoms with Crippen LogP contribution in [0.5, 0.6) is 0 Å². The van der Waals surface area contributed by atoms with Gasteiger partial charge in [-0.1, -0.05) is 24.3 Å². The molecule has 0 aromatic heterocycles. The first-order valence-corrected chi connectivity index (χ1v) is 5.63. The molecule has 1 N–H and O–H groups in total. The molecule has 0 saturated heterocycles. The van der Waals surface area contributed by atoms with E-state index in [0.717, 1.165) is 17.9 Å². The molecule has 0 unspecified atom stereocenters. The highest BCUT2D eigenvalue weighted by Crippen LogP contribution is 2.41. The molecule has 0 spiro atoms. The second-order valence-electron chi connectivity index (χ2n) is 4.63.